The summed E-state index contributed by atoms with van der Waals surface area (Å²) in [6, 6.07) is 0. The van der Waals surface area contributed by atoms with Crippen LogP contribution in [0.3, 0.4) is 0 Å². The molecule has 0 aliphatic carbocycles. The second-order valence-electron chi connectivity index (χ2n) is 3.86. The molecule has 0 spiro atoms. The van der Waals surface area contributed by atoms with E-state index in [4.69, 9.17) is 0 Å². The molecular formula is C9H12FN3OS. The van der Waals surface area contributed by atoms with Crippen molar-refractivity contribution < 1.29 is 8.60 Å². The molecule has 0 N–H and O–H groups in total. The van der Waals surface area contributed by atoms with Gasteiger partial charge in [-0.05, 0) is 20.8 Å². The van der Waals surface area contributed by atoms with Gasteiger partial charge >= 0.3 is 0 Å². The van der Waals surface area contributed by atoms with E-state index in [9.17, 15) is 8.60 Å². The van der Waals surface area contributed by atoms with Crippen LogP contribution in [0.25, 0.3) is 0 Å². The van der Waals surface area contributed by atoms with Crippen molar-refractivity contribution in [1.82, 2.24) is 9.97 Å². The van der Waals surface area contributed by atoms with E-state index >= 15 is 0 Å². The number of halogens is 1. The average molecular weight is 229 g/mol. The molecule has 4 nitrogen and oxygen atoms in total. The minimum atomic E-state index is -1.35. The summed E-state index contributed by atoms with van der Waals surface area (Å²) in [7, 11) is -1.35. The van der Waals surface area contributed by atoms with Crippen LogP contribution in [0.5, 0.6) is 0 Å². The van der Waals surface area contributed by atoms with E-state index in [1.54, 1.807) is 0 Å². The molecule has 0 unspecified atom stereocenters. The lowest BCUT2D eigenvalue weighted by molar-refractivity contribution is 0.613. The molecule has 0 fully saturated rings. The van der Waals surface area contributed by atoms with Gasteiger partial charge in [0.25, 0.3) is 0 Å². The van der Waals surface area contributed by atoms with Gasteiger partial charge in [-0.25, -0.2) is 18.6 Å². The molecule has 0 amide bonds. The van der Waals surface area contributed by atoms with Crippen molar-refractivity contribution in [3.05, 3.63) is 24.0 Å². The zero-order chi connectivity index (χ0) is 11.5. The Morgan fingerprint density at radius 1 is 1.40 bits per heavy atom. The molecule has 15 heavy (non-hydrogen) atoms. The second kappa shape index (κ2) is 4.57. The van der Waals surface area contributed by atoms with Crippen molar-refractivity contribution >= 4 is 17.2 Å². The number of aromatic nitrogens is 2. The predicted molar refractivity (Wildman–Crippen MR) is 57.5 cm³/mol. The van der Waals surface area contributed by atoms with Crippen LogP contribution >= 0.6 is 0 Å². The van der Waals surface area contributed by atoms with Gasteiger partial charge in [0.1, 0.15) is 11.0 Å². The first-order valence-corrected chi connectivity index (χ1v) is 5.44. The molecule has 1 rings (SSSR count). The molecule has 0 saturated heterocycles. The van der Waals surface area contributed by atoms with Gasteiger partial charge < -0.3 is 0 Å². The number of nitrogens with zero attached hydrogens (tertiary/aromatic N) is 3. The fourth-order valence-electron chi connectivity index (χ4n) is 0.642. The zero-order valence-corrected chi connectivity index (χ0v) is 9.58. The highest BCUT2D eigenvalue weighted by atomic mass is 32.2. The van der Waals surface area contributed by atoms with Crippen molar-refractivity contribution in [3.8, 4) is 0 Å². The van der Waals surface area contributed by atoms with Crippen LogP contribution in [-0.2, 0) is 11.0 Å². The third-order valence-corrected chi connectivity index (χ3v) is 2.77. The molecule has 0 aliphatic heterocycles. The Balaban J connectivity index is 2.74. The maximum Gasteiger partial charge on any atom is 0.171 e. The van der Waals surface area contributed by atoms with Gasteiger partial charge in [0, 0.05) is 0 Å². The normalized spacial score (nSPS) is 14.4. The third-order valence-electron chi connectivity index (χ3n) is 1.43. The zero-order valence-electron chi connectivity index (χ0n) is 8.77. The van der Waals surface area contributed by atoms with E-state index in [2.05, 4.69) is 14.4 Å². The van der Waals surface area contributed by atoms with Gasteiger partial charge in [-0.3, -0.25) is 0 Å². The molecule has 0 saturated carbocycles. The van der Waals surface area contributed by atoms with Crippen LogP contribution in [0.1, 0.15) is 26.6 Å². The minimum absolute atomic E-state index is 0.244. The summed E-state index contributed by atoms with van der Waals surface area (Å²) in [5.41, 5.74) is 0. The fourth-order valence-corrected chi connectivity index (χ4v) is 1.15. The fraction of sp³-hybridized carbons (Fsp3) is 0.444. The Morgan fingerprint density at radius 3 is 2.40 bits per heavy atom. The highest BCUT2D eigenvalue weighted by Crippen LogP contribution is 2.11. The van der Waals surface area contributed by atoms with Crippen molar-refractivity contribution in [1.29, 1.82) is 0 Å². The molecule has 82 valence electrons. The lowest BCUT2D eigenvalue weighted by Gasteiger charge is -2.12. The summed E-state index contributed by atoms with van der Waals surface area (Å²) in [6.07, 6.45) is 3.35. The van der Waals surface area contributed by atoms with E-state index in [-0.39, 0.29) is 5.82 Å². The van der Waals surface area contributed by atoms with Gasteiger partial charge in [-0.1, -0.05) is 0 Å². The molecule has 1 heterocycles. The minimum Gasteiger partial charge on any atom is -0.234 e. The van der Waals surface area contributed by atoms with Gasteiger partial charge in [0.15, 0.2) is 11.6 Å². The Bertz CT molecular complexity index is 383. The maximum absolute atomic E-state index is 12.4. The molecule has 1 atom stereocenters. The smallest absolute Gasteiger partial charge is 0.171 e. The summed E-state index contributed by atoms with van der Waals surface area (Å²) in [6.45, 7) is 5.43. The molecule has 0 bridgehead atoms. The number of rotatable bonds is 2. The van der Waals surface area contributed by atoms with Gasteiger partial charge in [0.05, 0.1) is 23.4 Å². The van der Waals surface area contributed by atoms with E-state index in [0.717, 1.165) is 12.4 Å². The van der Waals surface area contributed by atoms with Gasteiger partial charge in [0.2, 0.25) is 0 Å². The third kappa shape index (κ3) is 3.83. The molecule has 0 aromatic carbocycles. The quantitative estimate of drug-likeness (QED) is 0.722. The highest BCUT2D eigenvalue weighted by molar-refractivity contribution is 7.85. The molecular weight excluding hydrogens is 217 g/mol. The largest absolute Gasteiger partial charge is 0.234 e. The van der Waals surface area contributed by atoms with Crippen LogP contribution in [0.15, 0.2) is 16.8 Å². The highest BCUT2D eigenvalue weighted by Gasteiger charge is 2.18. The van der Waals surface area contributed by atoms with E-state index < -0.39 is 21.5 Å². The first-order chi connectivity index (χ1) is 6.89. The second-order valence-corrected chi connectivity index (χ2v) is 5.79. The lowest BCUT2D eigenvalue weighted by atomic mass is 10.3. The molecule has 0 aliphatic rings. The lowest BCUT2D eigenvalue weighted by Crippen LogP contribution is -2.19. The summed E-state index contributed by atoms with van der Waals surface area (Å²) >= 11 is 0. The Kier molecular flexibility index (Phi) is 3.62. The van der Waals surface area contributed by atoms with Crippen molar-refractivity contribution in [2.24, 2.45) is 4.40 Å². The molecule has 0 radical (unpaired) electrons. The summed E-state index contributed by atoms with van der Waals surface area (Å²) in [5.74, 6) is -0.266. The van der Waals surface area contributed by atoms with Crippen molar-refractivity contribution in [2.45, 2.75) is 25.5 Å². The summed E-state index contributed by atoms with van der Waals surface area (Å²) in [5, 5.41) is 0. The first kappa shape index (κ1) is 11.9. The first-order valence-electron chi connectivity index (χ1n) is 4.33. The van der Waals surface area contributed by atoms with Crippen LogP contribution < -0.4 is 0 Å². The molecule has 6 heteroatoms. The molecule has 1 aromatic heterocycles. The average Bonchev–Trinajstić information content (AvgIpc) is 2.15. The van der Waals surface area contributed by atoms with Crippen molar-refractivity contribution in [2.75, 3.05) is 0 Å². The van der Waals surface area contributed by atoms with Crippen molar-refractivity contribution in [3.63, 3.8) is 0 Å². The number of hydrogen-bond acceptors (Lipinski definition) is 3. The maximum atomic E-state index is 12.4. The van der Waals surface area contributed by atoms with Gasteiger partial charge in [-0.2, -0.15) is 4.40 Å². The SMILES string of the molecule is CC(C)(C)[S@@](=O)/N=C/c1ncc(F)cn1. The van der Waals surface area contributed by atoms with Crippen LogP contribution in [0.4, 0.5) is 4.39 Å². The van der Waals surface area contributed by atoms with Crippen LogP contribution in [0.2, 0.25) is 0 Å². The summed E-state index contributed by atoms with van der Waals surface area (Å²) < 4.78 is 27.3. The topological polar surface area (TPSA) is 55.2 Å². The van der Waals surface area contributed by atoms with E-state index in [0.29, 0.717) is 0 Å². The Hall–Kier alpha value is -1.17. The predicted octanol–water partition coefficient (Wildman–Crippen LogP) is 1.50. The van der Waals surface area contributed by atoms with E-state index in [1.807, 2.05) is 20.8 Å². The summed E-state index contributed by atoms with van der Waals surface area (Å²) in [4.78, 5) is 7.32. The van der Waals surface area contributed by atoms with Crippen LogP contribution in [-0.4, -0.2) is 25.1 Å². The number of hydrogen-bond donors (Lipinski definition) is 0. The standard InChI is InChI=1S/C9H12FN3OS/c1-9(2,3)15(14)13-6-8-11-4-7(10)5-12-8/h4-6H,1-3H3/b13-6+/t15-/m1/s1. The Labute approximate surface area is 90.3 Å². The van der Waals surface area contributed by atoms with E-state index in [1.165, 1.54) is 6.21 Å². The molecule has 1 aromatic rings. The van der Waals surface area contributed by atoms with Gasteiger partial charge in [-0.15, -0.1) is 0 Å². The monoisotopic (exact) mass is 229 g/mol. The van der Waals surface area contributed by atoms with Crippen LogP contribution in [0, 0.1) is 5.82 Å². The Morgan fingerprint density at radius 2 is 1.93 bits per heavy atom.